The van der Waals surface area contributed by atoms with Gasteiger partial charge in [-0.3, -0.25) is 4.79 Å². The molecule has 0 bridgehead atoms. The molecule has 23 heavy (non-hydrogen) atoms. The van der Waals surface area contributed by atoms with E-state index < -0.39 is 0 Å². The van der Waals surface area contributed by atoms with Crippen LogP contribution in [0, 0.1) is 6.92 Å². The van der Waals surface area contributed by atoms with Gasteiger partial charge >= 0.3 is 5.97 Å². The van der Waals surface area contributed by atoms with Crippen molar-refractivity contribution >= 4 is 37.8 Å². The predicted octanol–water partition coefficient (Wildman–Crippen LogP) is 6.04. The summed E-state index contributed by atoms with van der Waals surface area (Å²) in [5.41, 5.74) is 3.15. The predicted molar refractivity (Wildman–Crippen MR) is 105 cm³/mol. The molecule has 130 valence electrons. The molecule has 1 atom stereocenters. The molecule has 0 heterocycles. The Hall–Kier alpha value is -0.350. The van der Waals surface area contributed by atoms with Gasteiger partial charge in [-0.25, -0.2) is 0 Å². The first-order chi connectivity index (χ1) is 10.4. The number of aryl methyl sites for hydroxylation is 1. The molecule has 1 rings (SSSR count). The standard InChI is InChI=1S/C19H28Br2O2/c1-12-10-13(18(2,3)4)16(14(11-12)19(5,6)7)23-17(22)15(21)8-9-20/h10-11,15H,8-9H2,1-7H3. The molecule has 1 unspecified atom stereocenters. The molecule has 4 heteroatoms. The Morgan fingerprint density at radius 1 is 1.09 bits per heavy atom. The molecule has 0 aliphatic heterocycles. The lowest BCUT2D eigenvalue weighted by Gasteiger charge is -2.30. The molecule has 0 aliphatic rings. The number of carbonyl (C=O) groups excluding carboxylic acids is 1. The van der Waals surface area contributed by atoms with Crippen molar-refractivity contribution < 1.29 is 9.53 Å². The number of alkyl halides is 2. The first-order valence-electron chi connectivity index (χ1n) is 7.95. The van der Waals surface area contributed by atoms with E-state index in [9.17, 15) is 4.79 Å². The highest BCUT2D eigenvalue weighted by molar-refractivity contribution is 9.10. The van der Waals surface area contributed by atoms with Gasteiger partial charge in [-0.05, 0) is 24.2 Å². The SMILES string of the molecule is Cc1cc(C(C)(C)C)c(OC(=O)C(Br)CCBr)c(C(C)(C)C)c1. The molecular formula is C19H28Br2O2. The molecule has 0 radical (unpaired) electrons. The van der Waals surface area contributed by atoms with E-state index in [0.717, 1.165) is 22.2 Å². The van der Waals surface area contributed by atoms with Crippen molar-refractivity contribution in [3.8, 4) is 5.75 Å². The van der Waals surface area contributed by atoms with E-state index in [1.54, 1.807) is 0 Å². The van der Waals surface area contributed by atoms with Crippen molar-refractivity contribution in [3.63, 3.8) is 0 Å². The molecule has 1 aromatic rings. The van der Waals surface area contributed by atoms with Gasteiger partial charge in [-0.1, -0.05) is 91.1 Å². The molecule has 0 N–H and O–H groups in total. The maximum Gasteiger partial charge on any atom is 0.325 e. The molecule has 1 aromatic carbocycles. The quantitative estimate of drug-likeness (QED) is 0.319. The smallest absolute Gasteiger partial charge is 0.325 e. The van der Waals surface area contributed by atoms with Crippen molar-refractivity contribution in [2.45, 2.75) is 70.5 Å². The summed E-state index contributed by atoms with van der Waals surface area (Å²) in [6, 6.07) is 4.26. The van der Waals surface area contributed by atoms with Crippen LogP contribution in [-0.2, 0) is 15.6 Å². The third-order valence-corrected chi connectivity index (χ3v) is 4.96. The highest BCUT2D eigenvalue weighted by atomic mass is 79.9. The normalized spacial score (nSPS) is 13.8. The molecule has 0 amide bonds. The van der Waals surface area contributed by atoms with Crippen molar-refractivity contribution in [2.24, 2.45) is 0 Å². The highest BCUT2D eigenvalue weighted by Gasteiger charge is 2.30. The lowest BCUT2D eigenvalue weighted by Crippen LogP contribution is -2.26. The van der Waals surface area contributed by atoms with E-state index in [4.69, 9.17) is 4.74 Å². The fraction of sp³-hybridized carbons (Fsp3) is 0.632. The first kappa shape index (κ1) is 20.7. The van der Waals surface area contributed by atoms with Crippen molar-refractivity contribution in [1.29, 1.82) is 0 Å². The van der Waals surface area contributed by atoms with Crippen LogP contribution in [0.4, 0.5) is 0 Å². The van der Waals surface area contributed by atoms with E-state index in [1.165, 1.54) is 5.56 Å². The topological polar surface area (TPSA) is 26.3 Å². The van der Waals surface area contributed by atoms with E-state index in [1.807, 2.05) is 0 Å². The van der Waals surface area contributed by atoms with Gasteiger partial charge in [0.15, 0.2) is 0 Å². The van der Waals surface area contributed by atoms with Gasteiger partial charge in [0.25, 0.3) is 0 Å². The molecule has 0 aliphatic carbocycles. The summed E-state index contributed by atoms with van der Waals surface area (Å²) in [7, 11) is 0. The minimum Gasteiger partial charge on any atom is -0.425 e. The number of hydrogen-bond donors (Lipinski definition) is 0. The summed E-state index contributed by atoms with van der Waals surface area (Å²) < 4.78 is 5.89. The number of benzene rings is 1. The lowest BCUT2D eigenvalue weighted by atomic mass is 9.78. The maximum absolute atomic E-state index is 12.5. The van der Waals surface area contributed by atoms with Gasteiger partial charge in [0.2, 0.25) is 0 Å². The van der Waals surface area contributed by atoms with Crippen molar-refractivity contribution in [3.05, 3.63) is 28.8 Å². The Kier molecular flexibility index (Phi) is 6.92. The summed E-state index contributed by atoms with van der Waals surface area (Å²) >= 11 is 6.79. The van der Waals surface area contributed by atoms with Crippen LogP contribution in [0.15, 0.2) is 12.1 Å². The molecule has 0 saturated carbocycles. The van der Waals surface area contributed by atoms with Crippen LogP contribution in [0.3, 0.4) is 0 Å². The lowest BCUT2D eigenvalue weighted by molar-refractivity contribution is -0.133. The minimum absolute atomic E-state index is 0.0983. The Morgan fingerprint density at radius 2 is 1.52 bits per heavy atom. The molecule has 2 nitrogen and oxygen atoms in total. The van der Waals surface area contributed by atoms with E-state index >= 15 is 0 Å². The number of esters is 1. The second kappa shape index (κ2) is 7.69. The van der Waals surface area contributed by atoms with Crippen LogP contribution in [0.1, 0.15) is 64.7 Å². The van der Waals surface area contributed by atoms with Gasteiger partial charge in [0.1, 0.15) is 10.6 Å². The van der Waals surface area contributed by atoms with Gasteiger partial charge < -0.3 is 4.74 Å². The molecule has 0 aromatic heterocycles. The fourth-order valence-electron chi connectivity index (χ4n) is 2.38. The van der Waals surface area contributed by atoms with Crippen LogP contribution in [0.2, 0.25) is 0 Å². The number of rotatable bonds is 4. The van der Waals surface area contributed by atoms with Crippen molar-refractivity contribution in [1.82, 2.24) is 0 Å². The summed E-state index contributed by atoms with van der Waals surface area (Å²) in [6.45, 7) is 15.0. The maximum atomic E-state index is 12.5. The van der Waals surface area contributed by atoms with E-state index in [0.29, 0.717) is 6.42 Å². The highest BCUT2D eigenvalue weighted by Crippen LogP contribution is 2.41. The van der Waals surface area contributed by atoms with Gasteiger partial charge in [0.05, 0.1) is 0 Å². The van der Waals surface area contributed by atoms with Gasteiger partial charge in [-0.15, -0.1) is 0 Å². The van der Waals surface area contributed by atoms with Crippen LogP contribution >= 0.6 is 31.9 Å². The third-order valence-electron chi connectivity index (χ3n) is 3.67. The Morgan fingerprint density at radius 3 is 1.87 bits per heavy atom. The second-order valence-corrected chi connectivity index (χ2v) is 9.95. The fourth-order valence-corrected chi connectivity index (χ4v) is 3.77. The second-order valence-electron chi connectivity index (χ2n) is 8.06. The van der Waals surface area contributed by atoms with Gasteiger partial charge in [-0.2, -0.15) is 0 Å². The zero-order chi connectivity index (χ0) is 18.0. The summed E-state index contributed by atoms with van der Waals surface area (Å²) in [5.74, 6) is 0.490. The average Bonchev–Trinajstić information content (AvgIpc) is 2.38. The minimum atomic E-state index is -0.302. The monoisotopic (exact) mass is 446 g/mol. The summed E-state index contributed by atoms with van der Waals surface area (Å²) in [6.07, 6.45) is 0.695. The molecule has 0 fully saturated rings. The van der Waals surface area contributed by atoms with E-state index in [2.05, 4.69) is 92.5 Å². The van der Waals surface area contributed by atoms with Crippen LogP contribution in [-0.4, -0.2) is 16.1 Å². The van der Waals surface area contributed by atoms with E-state index in [-0.39, 0.29) is 21.6 Å². The zero-order valence-electron chi connectivity index (χ0n) is 15.2. The summed E-state index contributed by atoms with van der Waals surface area (Å²) in [4.78, 5) is 12.2. The Bertz CT molecular complexity index is 531. The van der Waals surface area contributed by atoms with Crippen molar-refractivity contribution in [2.75, 3.05) is 5.33 Å². The first-order valence-corrected chi connectivity index (χ1v) is 9.99. The number of hydrogen-bond acceptors (Lipinski definition) is 2. The Balaban J connectivity index is 3.45. The van der Waals surface area contributed by atoms with Gasteiger partial charge in [0, 0.05) is 16.5 Å². The number of halogens is 2. The number of carbonyl (C=O) groups is 1. The molecular weight excluding hydrogens is 420 g/mol. The zero-order valence-corrected chi connectivity index (χ0v) is 18.4. The average molecular weight is 448 g/mol. The van der Waals surface area contributed by atoms with Crippen LogP contribution < -0.4 is 4.74 Å². The summed E-state index contributed by atoms with van der Waals surface area (Å²) in [5, 5.41) is 0.754. The largest absolute Gasteiger partial charge is 0.425 e. The van der Waals surface area contributed by atoms with Crippen LogP contribution in [0.25, 0.3) is 0 Å². The molecule has 0 spiro atoms. The van der Waals surface area contributed by atoms with Crippen LogP contribution in [0.5, 0.6) is 5.75 Å². The molecule has 0 saturated heterocycles. The Labute approximate surface area is 157 Å². The third kappa shape index (κ3) is 5.60. The number of ether oxygens (including phenoxy) is 1.